The second-order valence-electron chi connectivity index (χ2n) is 9.36. The number of hydrogen-bond donors (Lipinski definition) is 1. The Bertz CT molecular complexity index is 1410. The molecule has 0 unspecified atom stereocenters. The molecule has 0 spiro atoms. The minimum Gasteiger partial charge on any atom is -0.341 e. The van der Waals surface area contributed by atoms with Crippen LogP contribution in [-0.4, -0.2) is 56.0 Å². The molecule has 3 aliphatic heterocycles. The predicted molar refractivity (Wildman–Crippen MR) is 121 cm³/mol. The summed E-state index contributed by atoms with van der Waals surface area (Å²) in [4.78, 5) is 52.7. The number of rotatable bonds is 3. The Labute approximate surface area is 193 Å². The van der Waals surface area contributed by atoms with Crippen molar-refractivity contribution in [2.75, 3.05) is 24.5 Å². The molecule has 6 rings (SSSR count). The number of aromatic amines is 1. The van der Waals surface area contributed by atoms with Crippen molar-refractivity contribution >= 4 is 34.2 Å². The van der Waals surface area contributed by atoms with E-state index in [0.29, 0.717) is 25.5 Å². The van der Waals surface area contributed by atoms with Gasteiger partial charge in [-0.1, -0.05) is 12.1 Å². The molecular weight excluding hydrogens is 440 g/mol. The number of anilines is 1. The lowest BCUT2D eigenvalue weighted by molar-refractivity contribution is -0.386. The zero-order valence-corrected chi connectivity index (χ0v) is 18.2. The first-order valence-electron chi connectivity index (χ1n) is 11.3. The number of carbonyl (C=O) groups is 2. The standard InChI is InChI=1S/C23H22N6O5/c30-20-8-15(12-28(20)21-16-3-1-2-4-17(16)24-25-21)22(31)26-9-13-7-14(11-26)18-5-6-19(29(33)34)23(32)27(18)10-13/h1-6,13-15H,7-12H2,(H,24,25)/t13-,14+,15+/m0/s1. The Balaban J connectivity index is 1.22. The maximum absolute atomic E-state index is 13.4. The third kappa shape index (κ3) is 3.11. The number of nitrogens with one attached hydrogen (secondary N) is 1. The van der Waals surface area contributed by atoms with Crippen LogP contribution in [0, 0.1) is 22.0 Å². The third-order valence-electron chi connectivity index (χ3n) is 7.27. The largest absolute Gasteiger partial charge is 0.341 e. The summed E-state index contributed by atoms with van der Waals surface area (Å²) in [5, 5.41) is 19.2. The van der Waals surface area contributed by atoms with Crippen LogP contribution < -0.4 is 10.5 Å². The van der Waals surface area contributed by atoms with Crippen LogP contribution in [-0.2, 0) is 16.1 Å². The highest BCUT2D eigenvalue weighted by atomic mass is 16.6. The summed E-state index contributed by atoms with van der Waals surface area (Å²) < 4.78 is 1.50. The van der Waals surface area contributed by atoms with E-state index in [1.54, 1.807) is 15.9 Å². The predicted octanol–water partition coefficient (Wildman–Crippen LogP) is 1.63. The average molecular weight is 462 g/mol. The number of nitrogens with zero attached hydrogens (tertiary/aromatic N) is 5. The SMILES string of the molecule is O=C([C@@H]1CC(=O)N(c2n[nH]c3ccccc23)C1)N1C[C@@H]2C[C@H](C1)c1ccc([N+](=O)[O-])c(=O)n1C2. The van der Waals surface area contributed by atoms with Gasteiger partial charge in [0, 0.05) is 55.7 Å². The number of likely N-dealkylation sites (tertiary alicyclic amines) is 1. The topological polar surface area (TPSA) is 134 Å². The number of amides is 2. The normalized spacial score (nSPS) is 23.9. The lowest BCUT2D eigenvalue weighted by atomic mass is 9.82. The fourth-order valence-corrected chi connectivity index (χ4v) is 5.74. The molecule has 2 amide bonds. The number of aromatic nitrogens is 3. The van der Waals surface area contributed by atoms with E-state index in [9.17, 15) is 24.5 Å². The number of carbonyl (C=O) groups excluding carboxylic acids is 2. The smallest absolute Gasteiger partial charge is 0.334 e. The molecule has 34 heavy (non-hydrogen) atoms. The molecule has 0 saturated carbocycles. The number of para-hydroxylation sites is 1. The first-order valence-corrected chi connectivity index (χ1v) is 11.3. The maximum Gasteiger partial charge on any atom is 0.334 e. The monoisotopic (exact) mass is 462 g/mol. The van der Waals surface area contributed by atoms with Gasteiger partial charge in [0.2, 0.25) is 11.8 Å². The van der Waals surface area contributed by atoms with Crippen molar-refractivity contribution < 1.29 is 14.5 Å². The van der Waals surface area contributed by atoms with Gasteiger partial charge in [-0.2, -0.15) is 5.10 Å². The molecule has 2 fully saturated rings. The Hall–Kier alpha value is -4.02. The molecule has 0 aliphatic carbocycles. The van der Waals surface area contributed by atoms with Crippen LogP contribution >= 0.6 is 0 Å². The molecule has 3 atom stereocenters. The molecule has 2 saturated heterocycles. The number of fused-ring (bicyclic) bond motifs is 5. The average Bonchev–Trinajstić information content (AvgIpc) is 3.42. The van der Waals surface area contributed by atoms with E-state index < -0.39 is 22.1 Å². The highest BCUT2D eigenvalue weighted by Gasteiger charge is 2.43. The lowest BCUT2D eigenvalue weighted by Crippen LogP contribution is -2.51. The van der Waals surface area contributed by atoms with E-state index in [0.717, 1.165) is 23.0 Å². The highest BCUT2D eigenvalue weighted by molar-refractivity contribution is 6.05. The summed E-state index contributed by atoms with van der Waals surface area (Å²) in [5.74, 6) is -0.130. The zero-order valence-electron chi connectivity index (χ0n) is 18.2. The van der Waals surface area contributed by atoms with E-state index in [1.807, 2.05) is 24.3 Å². The summed E-state index contributed by atoms with van der Waals surface area (Å²) >= 11 is 0. The van der Waals surface area contributed by atoms with E-state index in [1.165, 1.54) is 10.6 Å². The van der Waals surface area contributed by atoms with E-state index >= 15 is 0 Å². The van der Waals surface area contributed by atoms with Crippen molar-refractivity contribution in [2.45, 2.75) is 25.3 Å². The summed E-state index contributed by atoms with van der Waals surface area (Å²) in [6.45, 7) is 1.54. The van der Waals surface area contributed by atoms with Crippen molar-refractivity contribution in [3.63, 3.8) is 0 Å². The summed E-state index contributed by atoms with van der Waals surface area (Å²) in [7, 11) is 0. The molecule has 1 aromatic carbocycles. The van der Waals surface area contributed by atoms with Gasteiger partial charge in [-0.05, 0) is 30.5 Å². The first-order chi connectivity index (χ1) is 16.4. The van der Waals surface area contributed by atoms with Crippen LogP contribution in [0.5, 0.6) is 0 Å². The molecule has 2 bridgehead atoms. The quantitative estimate of drug-likeness (QED) is 0.464. The molecule has 3 aromatic rings. The Morgan fingerprint density at radius 3 is 2.74 bits per heavy atom. The molecule has 174 valence electrons. The minimum absolute atomic E-state index is 0.0402. The molecule has 3 aliphatic rings. The molecule has 1 N–H and O–H groups in total. The van der Waals surface area contributed by atoms with Crippen molar-refractivity contribution in [2.24, 2.45) is 11.8 Å². The summed E-state index contributed by atoms with van der Waals surface area (Å²) in [5.41, 5.74) is 0.557. The van der Waals surface area contributed by atoms with Gasteiger partial charge in [-0.25, -0.2) is 0 Å². The number of nitro groups is 1. The Kier molecular flexibility index (Phi) is 4.54. The second-order valence-corrected chi connectivity index (χ2v) is 9.36. The van der Waals surface area contributed by atoms with Crippen molar-refractivity contribution in [3.8, 4) is 0 Å². The second kappa shape index (κ2) is 7.51. The maximum atomic E-state index is 13.4. The first kappa shape index (κ1) is 20.6. The van der Waals surface area contributed by atoms with Crippen LogP contribution in [0.1, 0.15) is 24.5 Å². The lowest BCUT2D eigenvalue weighted by Gasteiger charge is -2.43. The summed E-state index contributed by atoms with van der Waals surface area (Å²) in [6.07, 6.45) is 0.962. The fraction of sp³-hybridized carbons (Fsp3) is 0.391. The van der Waals surface area contributed by atoms with Crippen LogP contribution in [0.4, 0.5) is 11.5 Å². The summed E-state index contributed by atoms with van der Waals surface area (Å²) in [6, 6.07) is 10.5. The molecule has 11 nitrogen and oxygen atoms in total. The van der Waals surface area contributed by atoms with Crippen molar-refractivity contribution in [3.05, 3.63) is 62.6 Å². The van der Waals surface area contributed by atoms with Crippen LogP contribution in [0.25, 0.3) is 10.9 Å². The van der Waals surface area contributed by atoms with Gasteiger partial charge >= 0.3 is 11.2 Å². The number of piperidine rings is 1. The molecular formula is C23H22N6O5. The number of pyridine rings is 1. The number of benzene rings is 1. The zero-order chi connectivity index (χ0) is 23.6. The van der Waals surface area contributed by atoms with E-state index in [2.05, 4.69) is 10.2 Å². The van der Waals surface area contributed by atoms with Gasteiger partial charge in [0.15, 0.2) is 5.82 Å². The van der Waals surface area contributed by atoms with Crippen molar-refractivity contribution in [1.82, 2.24) is 19.7 Å². The van der Waals surface area contributed by atoms with E-state index in [-0.39, 0.29) is 36.6 Å². The Morgan fingerprint density at radius 1 is 1.09 bits per heavy atom. The molecule has 5 heterocycles. The van der Waals surface area contributed by atoms with Crippen LogP contribution in [0.15, 0.2) is 41.2 Å². The van der Waals surface area contributed by atoms with E-state index in [4.69, 9.17) is 0 Å². The number of hydrogen-bond acceptors (Lipinski definition) is 6. The van der Waals surface area contributed by atoms with Gasteiger partial charge in [-0.15, -0.1) is 0 Å². The van der Waals surface area contributed by atoms with Gasteiger partial charge in [-0.3, -0.25) is 34.5 Å². The fourth-order valence-electron chi connectivity index (χ4n) is 5.74. The van der Waals surface area contributed by atoms with Crippen molar-refractivity contribution in [1.29, 1.82) is 0 Å². The Morgan fingerprint density at radius 2 is 1.91 bits per heavy atom. The van der Waals surface area contributed by atoms with Gasteiger partial charge in [0.05, 0.1) is 16.4 Å². The van der Waals surface area contributed by atoms with Gasteiger partial charge in [0.25, 0.3) is 0 Å². The van der Waals surface area contributed by atoms with Gasteiger partial charge < -0.3 is 9.47 Å². The molecule has 0 radical (unpaired) electrons. The van der Waals surface area contributed by atoms with Gasteiger partial charge in [0.1, 0.15) is 0 Å². The highest BCUT2D eigenvalue weighted by Crippen LogP contribution is 2.37. The number of H-pyrrole nitrogens is 1. The van der Waals surface area contributed by atoms with Crippen LogP contribution in [0.2, 0.25) is 0 Å². The minimum atomic E-state index is -0.652. The molecule has 11 heteroatoms. The van der Waals surface area contributed by atoms with Crippen LogP contribution in [0.3, 0.4) is 0 Å². The third-order valence-corrected chi connectivity index (χ3v) is 7.27. The molecule has 2 aromatic heterocycles.